The van der Waals surface area contributed by atoms with E-state index in [0.29, 0.717) is 17.0 Å². The van der Waals surface area contributed by atoms with E-state index in [1.807, 2.05) is 0 Å². The maximum absolute atomic E-state index is 14.3. The van der Waals surface area contributed by atoms with E-state index in [1.165, 1.54) is 19.9 Å². The summed E-state index contributed by atoms with van der Waals surface area (Å²) in [5.41, 5.74) is 1.79. The Morgan fingerprint density at radius 3 is 2.28 bits per heavy atom. The number of nitrogens with zero attached hydrogens (tertiary/aromatic N) is 2. The Labute approximate surface area is 170 Å². The van der Waals surface area contributed by atoms with Gasteiger partial charge in [0.05, 0.1) is 23.3 Å². The van der Waals surface area contributed by atoms with E-state index in [1.54, 1.807) is 42.5 Å². The van der Waals surface area contributed by atoms with E-state index in [0.717, 1.165) is 4.41 Å². The zero-order valence-corrected chi connectivity index (χ0v) is 17.7. The molecule has 0 spiro atoms. The highest BCUT2D eigenvalue weighted by atomic mass is 32.2. The van der Waals surface area contributed by atoms with Gasteiger partial charge in [0.25, 0.3) is 0 Å². The van der Waals surface area contributed by atoms with Crippen molar-refractivity contribution >= 4 is 31.4 Å². The molecule has 10 heteroatoms. The first-order valence-electron chi connectivity index (χ1n) is 9.11. The summed E-state index contributed by atoms with van der Waals surface area (Å²) < 4.78 is 66.2. The van der Waals surface area contributed by atoms with Gasteiger partial charge >= 0.3 is 0 Å². The number of halogens is 1. The average Bonchev–Trinajstić information content (AvgIpc) is 3.15. The molecule has 1 aliphatic rings. The fourth-order valence-corrected chi connectivity index (χ4v) is 4.71. The predicted molar refractivity (Wildman–Crippen MR) is 111 cm³/mol. The second kappa shape index (κ2) is 8.11. The molecule has 2 aromatic carbocycles. The quantitative estimate of drug-likeness (QED) is 0.717. The molecule has 0 fully saturated rings. The molecule has 0 radical (unpaired) electrons. The molecular formula is C19H22FN3O4S2. The van der Waals surface area contributed by atoms with E-state index in [9.17, 15) is 21.2 Å². The molecule has 7 nitrogen and oxygen atoms in total. The molecule has 0 aliphatic carbocycles. The third kappa shape index (κ3) is 4.59. The van der Waals surface area contributed by atoms with Gasteiger partial charge in [-0.1, -0.05) is 30.3 Å². The van der Waals surface area contributed by atoms with Gasteiger partial charge in [0.1, 0.15) is 5.82 Å². The highest BCUT2D eigenvalue weighted by Crippen LogP contribution is 2.36. The summed E-state index contributed by atoms with van der Waals surface area (Å²) in [6, 6.07) is 11.8. The van der Waals surface area contributed by atoms with Crippen LogP contribution < -0.4 is 4.72 Å². The largest absolute Gasteiger partial charge is 0.284 e. The van der Waals surface area contributed by atoms with Crippen LogP contribution in [0.4, 0.5) is 10.1 Å². The van der Waals surface area contributed by atoms with Crippen molar-refractivity contribution in [1.82, 2.24) is 4.41 Å². The molecule has 0 amide bonds. The van der Waals surface area contributed by atoms with Gasteiger partial charge in [-0.3, -0.25) is 4.72 Å². The molecule has 0 saturated carbocycles. The van der Waals surface area contributed by atoms with Crippen molar-refractivity contribution < 1.29 is 21.2 Å². The smallest absolute Gasteiger partial charge is 0.250 e. The molecule has 156 valence electrons. The monoisotopic (exact) mass is 439 g/mol. The second-order valence-corrected chi connectivity index (χ2v) is 10.7. The number of benzene rings is 2. The van der Waals surface area contributed by atoms with Crippen LogP contribution in [-0.2, 0) is 20.0 Å². The molecule has 2 aromatic rings. The molecule has 1 N–H and O–H groups in total. The standard InChI is InChI=1S/C19H22FN3O4S2/c1-3-28(24,25)22-15-11-9-14(10-12-15)18-13-19(16-7-5-6-8-17(16)20)23(21-18)29(26,27)4-2/h5-12,19,22H,3-4,13H2,1-2H3. The van der Waals surface area contributed by atoms with Crippen LogP contribution in [-0.4, -0.2) is 38.5 Å². The number of hydrazone groups is 1. The van der Waals surface area contributed by atoms with Crippen LogP contribution in [0.15, 0.2) is 53.6 Å². The minimum Gasteiger partial charge on any atom is -0.284 e. The number of nitrogens with one attached hydrogen (secondary N) is 1. The van der Waals surface area contributed by atoms with Crippen molar-refractivity contribution in [2.75, 3.05) is 16.2 Å². The van der Waals surface area contributed by atoms with Gasteiger partial charge in [-0.05, 0) is 37.6 Å². The Morgan fingerprint density at radius 1 is 1.03 bits per heavy atom. The first-order chi connectivity index (χ1) is 13.7. The average molecular weight is 440 g/mol. The van der Waals surface area contributed by atoms with E-state index in [4.69, 9.17) is 0 Å². The fourth-order valence-electron chi connectivity index (χ4n) is 3.01. The highest BCUT2D eigenvalue weighted by molar-refractivity contribution is 7.92. The van der Waals surface area contributed by atoms with Crippen LogP contribution in [0.25, 0.3) is 0 Å². The summed E-state index contributed by atoms with van der Waals surface area (Å²) in [4.78, 5) is 0. The maximum Gasteiger partial charge on any atom is 0.250 e. The van der Waals surface area contributed by atoms with Gasteiger partial charge in [0.2, 0.25) is 20.0 Å². The van der Waals surface area contributed by atoms with Crippen molar-refractivity contribution in [2.24, 2.45) is 5.10 Å². The van der Waals surface area contributed by atoms with Crippen molar-refractivity contribution in [3.05, 3.63) is 65.5 Å². The fraction of sp³-hybridized carbons (Fsp3) is 0.316. The minimum atomic E-state index is -3.70. The van der Waals surface area contributed by atoms with Crippen LogP contribution in [0.5, 0.6) is 0 Å². The lowest BCUT2D eigenvalue weighted by Gasteiger charge is -2.23. The molecule has 0 aromatic heterocycles. The Bertz CT molecular complexity index is 1130. The van der Waals surface area contributed by atoms with Gasteiger partial charge < -0.3 is 0 Å². The number of anilines is 1. The molecule has 29 heavy (non-hydrogen) atoms. The van der Waals surface area contributed by atoms with Gasteiger partial charge in [-0.15, -0.1) is 0 Å². The molecule has 1 unspecified atom stereocenters. The van der Waals surface area contributed by atoms with Crippen LogP contribution in [0, 0.1) is 5.82 Å². The van der Waals surface area contributed by atoms with Crippen molar-refractivity contribution in [3.63, 3.8) is 0 Å². The summed E-state index contributed by atoms with van der Waals surface area (Å²) >= 11 is 0. The van der Waals surface area contributed by atoms with Crippen LogP contribution in [0.3, 0.4) is 0 Å². The van der Waals surface area contributed by atoms with Crippen molar-refractivity contribution in [1.29, 1.82) is 0 Å². The van der Waals surface area contributed by atoms with Gasteiger partial charge in [0.15, 0.2) is 0 Å². The molecule has 0 saturated heterocycles. The van der Waals surface area contributed by atoms with Crippen LogP contribution >= 0.6 is 0 Å². The molecule has 1 atom stereocenters. The first-order valence-corrected chi connectivity index (χ1v) is 12.4. The van der Waals surface area contributed by atoms with Gasteiger partial charge in [-0.25, -0.2) is 21.2 Å². The molecule has 0 bridgehead atoms. The summed E-state index contributed by atoms with van der Waals surface area (Å²) in [7, 11) is -7.10. The van der Waals surface area contributed by atoms with E-state index in [-0.39, 0.29) is 23.5 Å². The Hall–Kier alpha value is -2.46. The molecule has 1 heterocycles. The Morgan fingerprint density at radius 2 is 1.69 bits per heavy atom. The van der Waals surface area contributed by atoms with E-state index < -0.39 is 31.9 Å². The zero-order valence-electron chi connectivity index (χ0n) is 16.0. The number of rotatable bonds is 7. The normalized spacial score (nSPS) is 17.3. The summed E-state index contributed by atoms with van der Waals surface area (Å²) in [5, 5.41) is 4.28. The third-order valence-electron chi connectivity index (χ3n) is 4.66. The lowest BCUT2D eigenvalue weighted by Crippen LogP contribution is -2.29. The minimum absolute atomic E-state index is 0.0460. The van der Waals surface area contributed by atoms with E-state index >= 15 is 0 Å². The second-order valence-electron chi connectivity index (χ2n) is 6.54. The number of hydrogen-bond acceptors (Lipinski definition) is 5. The topological polar surface area (TPSA) is 95.9 Å². The number of sulfonamides is 2. The predicted octanol–water partition coefficient (Wildman–Crippen LogP) is 3.09. The Balaban J connectivity index is 1.94. The third-order valence-corrected chi connectivity index (χ3v) is 7.60. The van der Waals surface area contributed by atoms with Crippen LogP contribution in [0.1, 0.15) is 37.4 Å². The summed E-state index contributed by atoms with van der Waals surface area (Å²) in [6.45, 7) is 3.05. The van der Waals surface area contributed by atoms with Gasteiger partial charge in [-0.2, -0.15) is 9.52 Å². The van der Waals surface area contributed by atoms with Crippen molar-refractivity contribution in [2.45, 2.75) is 26.3 Å². The SMILES string of the molecule is CCS(=O)(=O)Nc1ccc(C2=NN(S(=O)(=O)CC)C(c3ccccc3F)C2)cc1. The molecular weight excluding hydrogens is 417 g/mol. The lowest BCUT2D eigenvalue weighted by molar-refractivity contribution is 0.363. The maximum atomic E-state index is 14.3. The molecule has 1 aliphatic heterocycles. The van der Waals surface area contributed by atoms with Crippen LogP contribution in [0.2, 0.25) is 0 Å². The van der Waals surface area contributed by atoms with Crippen molar-refractivity contribution in [3.8, 4) is 0 Å². The zero-order chi connectivity index (χ0) is 21.2. The molecule has 3 rings (SSSR count). The number of hydrogen-bond donors (Lipinski definition) is 1. The highest BCUT2D eigenvalue weighted by Gasteiger charge is 2.37. The first kappa shape index (κ1) is 21.3. The van der Waals surface area contributed by atoms with E-state index in [2.05, 4.69) is 9.82 Å². The lowest BCUT2D eigenvalue weighted by atomic mass is 9.99. The Kier molecular flexibility index (Phi) is 5.95. The summed E-state index contributed by atoms with van der Waals surface area (Å²) in [5.74, 6) is -0.697. The summed E-state index contributed by atoms with van der Waals surface area (Å²) in [6.07, 6.45) is 0.209. The van der Waals surface area contributed by atoms with Gasteiger partial charge in [0, 0.05) is 17.7 Å².